The van der Waals surface area contributed by atoms with Crippen LogP contribution in [0.25, 0.3) is 11.0 Å². The average Bonchev–Trinajstić information content (AvgIpc) is 3.08. The molecule has 3 rings (SSSR count). The molecule has 28 heavy (non-hydrogen) atoms. The number of nitrogens with zero attached hydrogens (tertiary/aromatic N) is 1. The highest BCUT2D eigenvalue weighted by Gasteiger charge is 2.37. The molecule has 0 unspecified atom stereocenters. The number of esters is 1. The van der Waals surface area contributed by atoms with Crippen LogP contribution in [0.3, 0.4) is 0 Å². The highest BCUT2D eigenvalue weighted by Crippen LogP contribution is 2.26. The molecule has 2 heterocycles. The van der Waals surface area contributed by atoms with Crippen LogP contribution in [0, 0.1) is 13.8 Å². The lowest BCUT2D eigenvalue weighted by Crippen LogP contribution is -2.44. The normalized spacial score (nSPS) is 17.0. The van der Waals surface area contributed by atoms with Gasteiger partial charge in [-0.25, -0.2) is 14.4 Å². The Morgan fingerprint density at radius 1 is 1.18 bits per heavy atom. The zero-order valence-corrected chi connectivity index (χ0v) is 16.8. The second-order valence-electron chi connectivity index (χ2n) is 8.05. The van der Waals surface area contributed by atoms with E-state index in [1.807, 2.05) is 6.92 Å². The number of rotatable bonds is 2. The SMILES string of the molecule is Cc1c(C)c2ccc(OC(=O)[C@@H]3CCCN3C(=O)OC(C)(C)C)cc2oc1=O. The van der Waals surface area contributed by atoms with Gasteiger partial charge >= 0.3 is 17.7 Å². The van der Waals surface area contributed by atoms with Crippen LogP contribution in [0.4, 0.5) is 4.79 Å². The van der Waals surface area contributed by atoms with Gasteiger partial charge in [0.15, 0.2) is 0 Å². The number of amides is 1. The fraction of sp³-hybridized carbons (Fsp3) is 0.476. The van der Waals surface area contributed by atoms with Crippen molar-refractivity contribution < 1.29 is 23.5 Å². The van der Waals surface area contributed by atoms with E-state index in [-0.39, 0.29) is 5.75 Å². The Balaban J connectivity index is 1.79. The molecule has 150 valence electrons. The molecule has 1 aliphatic rings. The van der Waals surface area contributed by atoms with Crippen molar-refractivity contribution in [3.8, 4) is 5.75 Å². The predicted molar refractivity (Wildman–Crippen MR) is 104 cm³/mol. The molecule has 0 spiro atoms. The number of hydrogen-bond donors (Lipinski definition) is 0. The second-order valence-corrected chi connectivity index (χ2v) is 8.05. The number of likely N-dealkylation sites (tertiary alicyclic amines) is 1. The summed E-state index contributed by atoms with van der Waals surface area (Å²) in [6, 6.07) is 4.23. The first kappa shape index (κ1) is 19.9. The summed E-state index contributed by atoms with van der Waals surface area (Å²) in [5, 5.41) is 0.785. The highest BCUT2D eigenvalue weighted by molar-refractivity contribution is 5.86. The first-order valence-corrected chi connectivity index (χ1v) is 9.32. The molecule has 1 amide bonds. The number of carbonyl (C=O) groups excluding carboxylic acids is 2. The van der Waals surface area contributed by atoms with Gasteiger partial charge in [0.1, 0.15) is 23.0 Å². The Morgan fingerprint density at radius 3 is 2.57 bits per heavy atom. The van der Waals surface area contributed by atoms with Crippen LogP contribution >= 0.6 is 0 Å². The van der Waals surface area contributed by atoms with Crippen molar-refractivity contribution in [2.45, 2.75) is 59.1 Å². The van der Waals surface area contributed by atoms with E-state index in [0.29, 0.717) is 30.5 Å². The molecule has 7 nitrogen and oxygen atoms in total. The van der Waals surface area contributed by atoms with E-state index >= 15 is 0 Å². The number of fused-ring (bicyclic) bond motifs is 1. The van der Waals surface area contributed by atoms with Gasteiger partial charge in [0, 0.05) is 23.6 Å². The lowest BCUT2D eigenvalue weighted by atomic mass is 10.1. The average molecular weight is 387 g/mol. The Labute approximate surface area is 163 Å². The summed E-state index contributed by atoms with van der Waals surface area (Å²) in [4.78, 5) is 38.3. The zero-order chi connectivity index (χ0) is 20.6. The molecule has 1 saturated heterocycles. The molecule has 1 atom stereocenters. The van der Waals surface area contributed by atoms with E-state index in [4.69, 9.17) is 13.9 Å². The largest absolute Gasteiger partial charge is 0.444 e. The smallest absolute Gasteiger partial charge is 0.411 e. The number of ether oxygens (including phenoxy) is 2. The first-order chi connectivity index (χ1) is 13.1. The van der Waals surface area contributed by atoms with Crippen molar-refractivity contribution in [3.63, 3.8) is 0 Å². The third-order valence-electron chi connectivity index (χ3n) is 4.80. The maximum Gasteiger partial charge on any atom is 0.411 e. The summed E-state index contributed by atoms with van der Waals surface area (Å²) < 4.78 is 16.2. The minimum absolute atomic E-state index is 0.264. The summed E-state index contributed by atoms with van der Waals surface area (Å²) in [7, 11) is 0. The third kappa shape index (κ3) is 4.03. The van der Waals surface area contributed by atoms with Crippen LogP contribution in [0.15, 0.2) is 27.4 Å². The number of carbonyl (C=O) groups is 2. The molecule has 7 heteroatoms. The Bertz CT molecular complexity index is 985. The molecular formula is C21H25NO6. The van der Waals surface area contributed by atoms with E-state index in [9.17, 15) is 14.4 Å². The van der Waals surface area contributed by atoms with Crippen molar-refractivity contribution >= 4 is 23.0 Å². The van der Waals surface area contributed by atoms with Crippen molar-refractivity contribution in [3.05, 3.63) is 39.7 Å². The summed E-state index contributed by atoms with van der Waals surface area (Å²) in [5.41, 5.74) is 0.682. The van der Waals surface area contributed by atoms with Gasteiger partial charge in [-0.1, -0.05) is 0 Å². The molecule has 0 bridgehead atoms. The van der Waals surface area contributed by atoms with Gasteiger partial charge in [-0.2, -0.15) is 0 Å². The van der Waals surface area contributed by atoms with Crippen molar-refractivity contribution in [2.24, 2.45) is 0 Å². The molecular weight excluding hydrogens is 362 g/mol. The molecule has 1 aromatic heterocycles. The summed E-state index contributed by atoms with van der Waals surface area (Å²) in [5.74, 6) is -0.270. The van der Waals surface area contributed by atoms with Gasteiger partial charge in [-0.15, -0.1) is 0 Å². The second kappa shape index (κ2) is 7.30. The molecule has 1 aromatic carbocycles. The maximum absolute atomic E-state index is 12.7. The lowest BCUT2D eigenvalue weighted by molar-refractivity contribution is -0.139. The van der Waals surface area contributed by atoms with Crippen molar-refractivity contribution in [2.75, 3.05) is 6.54 Å². The minimum atomic E-state index is -0.697. The van der Waals surface area contributed by atoms with Crippen LogP contribution in [-0.4, -0.2) is 35.2 Å². The van der Waals surface area contributed by atoms with Gasteiger partial charge in [0.05, 0.1) is 0 Å². The van der Waals surface area contributed by atoms with Crippen LogP contribution < -0.4 is 10.4 Å². The number of aryl methyl sites for hydroxylation is 1. The van der Waals surface area contributed by atoms with E-state index in [0.717, 1.165) is 10.9 Å². The van der Waals surface area contributed by atoms with Gasteiger partial charge < -0.3 is 13.9 Å². The molecule has 1 aliphatic heterocycles. The number of hydrogen-bond acceptors (Lipinski definition) is 6. The van der Waals surface area contributed by atoms with Crippen LogP contribution in [0.5, 0.6) is 5.75 Å². The van der Waals surface area contributed by atoms with Crippen LogP contribution in [-0.2, 0) is 9.53 Å². The minimum Gasteiger partial charge on any atom is -0.444 e. The van der Waals surface area contributed by atoms with Crippen molar-refractivity contribution in [1.29, 1.82) is 0 Å². The maximum atomic E-state index is 12.7. The molecule has 2 aromatic rings. The van der Waals surface area contributed by atoms with E-state index in [2.05, 4.69) is 0 Å². The highest BCUT2D eigenvalue weighted by atomic mass is 16.6. The molecule has 0 N–H and O–H groups in total. The summed E-state index contributed by atoms with van der Waals surface area (Å²) in [6.07, 6.45) is 0.686. The molecule has 1 fully saturated rings. The third-order valence-corrected chi connectivity index (χ3v) is 4.80. The van der Waals surface area contributed by atoms with E-state index in [1.165, 1.54) is 11.0 Å². The quantitative estimate of drug-likeness (QED) is 0.444. The predicted octanol–water partition coefficient (Wildman–Crippen LogP) is 3.71. The fourth-order valence-corrected chi connectivity index (χ4v) is 3.23. The van der Waals surface area contributed by atoms with Crippen molar-refractivity contribution in [1.82, 2.24) is 4.90 Å². The van der Waals surface area contributed by atoms with Gasteiger partial charge in [-0.3, -0.25) is 4.90 Å². The van der Waals surface area contributed by atoms with E-state index in [1.54, 1.807) is 39.8 Å². The topological polar surface area (TPSA) is 86.1 Å². The van der Waals surface area contributed by atoms with Crippen LogP contribution in [0.1, 0.15) is 44.7 Å². The summed E-state index contributed by atoms with van der Waals surface area (Å²) >= 11 is 0. The fourth-order valence-electron chi connectivity index (χ4n) is 3.23. The molecule has 0 radical (unpaired) electrons. The molecule has 0 aliphatic carbocycles. The van der Waals surface area contributed by atoms with Gasteiger partial charge in [0.2, 0.25) is 0 Å². The summed E-state index contributed by atoms with van der Waals surface area (Å²) in [6.45, 7) is 9.33. The van der Waals surface area contributed by atoms with Gasteiger partial charge in [0.25, 0.3) is 0 Å². The lowest BCUT2D eigenvalue weighted by Gasteiger charge is -2.27. The standard InChI is InChI=1S/C21H25NO6/c1-12-13(2)18(23)27-17-11-14(8-9-15(12)17)26-19(24)16-7-6-10-22(16)20(25)28-21(3,4)5/h8-9,11,16H,6-7,10H2,1-5H3/t16-/m0/s1. The zero-order valence-electron chi connectivity index (χ0n) is 16.8. The monoisotopic (exact) mass is 387 g/mol. The van der Waals surface area contributed by atoms with Gasteiger partial charge in [-0.05, 0) is 65.2 Å². The first-order valence-electron chi connectivity index (χ1n) is 9.32. The van der Waals surface area contributed by atoms with Crippen LogP contribution in [0.2, 0.25) is 0 Å². The Morgan fingerprint density at radius 2 is 1.89 bits per heavy atom. The Hall–Kier alpha value is -2.83. The Kier molecular flexibility index (Phi) is 5.19. The molecule has 0 saturated carbocycles. The number of benzene rings is 1. The van der Waals surface area contributed by atoms with E-state index < -0.39 is 29.3 Å².